The molecule has 2 aromatic rings. The van der Waals surface area contributed by atoms with Crippen molar-refractivity contribution in [3.8, 4) is 5.75 Å². The summed E-state index contributed by atoms with van der Waals surface area (Å²) in [6.07, 6.45) is 2.10. The van der Waals surface area contributed by atoms with Crippen LogP contribution in [0.3, 0.4) is 0 Å². The van der Waals surface area contributed by atoms with E-state index in [1.54, 1.807) is 0 Å². The van der Waals surface area contributed by atoms with Crippen molar-refractivity contribution in [1.82, 2.24) is 15.6 Å². The Morgan fingerprint density at radius 3 is 2.76 bits per heavy atom. The molecule has 1 N–H and O–H groups in total. The lowest BCUT2D eigenvalue weighted by Crippen LogP contribution is -2.21. The highest BCUT2D eigenvalue weighted by Gasteiger charge is 2.21. The molecular weight excluding hydrogens is 266 g/mol. The maximum absolute atomic E-state index is 5.89. The van der Waals surface area contributed by atoms with Gasteiger partial charge in [-0.15, -0.1) is 0 Å². The molecule has 0 amide bonds. The highest BCUT2D eigenvalue weighted by Crippen LogP contribution is 2.33. The number of aryl methyl sites for hydroxylation is 3. The summed E-state index contributed by atoms with van der Waals surface area (Å²) >= 11 is 0. The predicted molar refractivity (Wildman–Crippen MR) is 79.3 cm³/mol. The zero-order valence-electron chi connectivity index (χ0n) is 12.8. The van der Waals surface area contributed by atoms with Gasteiger partial charge in [-0.3, -0.25) is 0 Å². The van der Waals surface area contributed by atoms with Crippen molar-refractivity contribution in [1.29, 1.82) is 0 Å². The summed E-state index contributed by atoms with van der Waals surface area (Å²) in [5.41, 5.74) is 5.51. The van der Waals surface area contributed by atoms with Crippen molar-refractivity contribution in [3.05, 3.63) is 40.2 Å². The van der Waals surface area contributed by atoms with E-state index in [0.717, 1.165) is 36.6 Å². The van der Waals surface area contributed by atoms with Crippen LogP contribution in [0.5, 0.6) is 5.75 Å². The van der Waals surface area contributed by atoms with Crippen LogP contribution >= 0.6 is 0 Å². The Balaban J connectivity index is 1.83. The first kappa shape index (κ1) is 14.1. The first-order valence-corrected chi connectivity index (χ1v) is 7.40. The number of ether oxygens (including phenoxy) is 1. The van der Waals surface area contributed by atoms with Gasteiger partial charge >= 0.3 is 0 Å². The molecule has 5 nitrogen and oxygen atoms in total. The zero-order chi connectivity index (χ0) is 14.8. The lowest BCUT2D eigenvalue weighted by Gasteiger charge is -2.19. The molecule has 112 valence electrons. The number of fused-ring (bicyclic) bond motifs is 1. The number of benzene rings is 1. The van der Waals surface area contributed by atoms with Crippen LogP contribution in [0.2, 0.25) is 0 Å². The van der Waals surface area contributed by atoms with Gasteiger partial charge in [0.15, 0.2) is 0 Å². The number of rotatable bonds is 3. The summed E-state index contributed by atoms with van der Waals surface area (Å²) in [6.45, 7) is 7.61. The first-order valence-electron chi connectivity index (χ1n) is 7.40. The maximum Gasteiger partial charge on any atom is 0.124 e. The summed E-state index contributed by atoms with van der Waals surface area (Å²) in [4.78, 5) is 0. The number of hydrogen-bond acceptors (Lipinski definition) is 5. The van der Waals surface area contributed by atoms with Gasteiger partial charge in [0.2, 0.25) is 0 Å². The maximum atomic E-state index is 5.89. The molecule has 0 bridgehead atoms. The molecule has 1 unspecified atom stereocenters. The Hall–Kier alpha value is -1.88. The number of nitrogens with one attached hydrogen (secondary N) is 1. The average Bonchev–Trinajstić information content (AvgIpc) is 2.77. The van der Waals surface area contributed by atoms with E-state index >= 15 is 0 Å². The molecule has 0 aliphatic carbocycles. The molecule has 3 rings (SSSR count). The number of aromatic nitrogens is 2. The first-order chi connectivity index (χ1) is 10.1. The SMILES string of the molecule is Cc1cc2c(cc1C)C(NCc1nonc1C)CCCO2. The quantitative estimate of drug-likeness (QED) is 0.940. The van der Waals surface area contributed by atoms with Crippen molar-refractivity contribution in [2.24, 2.45) is 0 Å². The van der Waals surface area contributed by atoms with Crippen molar-refractivity contribution in [2.45, 2.75) is 46.2 Å². The van der Waals surface area contributed by atoms with Crippen LogP contribution in [0.4, 0.5) is 0 Å². The molecule has 1 atom stereocenters. The van der Waals surface area contributed by atoms with Gasteiger partial charge < -0.3 is 10.1 Å². The van der Waals surface area contributed by atoms with Crippen molar-refractivity contribution in [2.75, 3.05) is 6.61 Å². The molecule has 0 fully saturated rings. The summed E-state index contributed by atoms with van der Waals surface area (Å²) in [7, 11) is 0. The monoisotopic (exact) mass is 287 g/mol. The highest BCUT2D eigenvalue weighted by atomic mass is 16.6. The van der Waals surface area contributed by atoms with Crippen LogP contribution in [0.1, 0.15) is 47.0 Å². The molecule has 21 heavy (non-hydrogen) atoms. The molecule has 2 heterocycles. The third-order valence-corrected chi connectivity index (χ3v) is 4.16. The van der Waals surface area contributed by atoms with Gasteiger partial charge in [0.1, 0.15) is 17.1 Å². The van der Waals surface area contributed by atoms with Crippen molar-refractivity contribution < 1.29 is 9.37 Å². The lowest BCUT2D eigenvalue weighted by atomic mass is 9.97. The Morgan fingerprint density at radius 2 is 2.00 bits per heavy atom. The zero-order valence-corrected chi connectivity index (χ0v) is 12.8. The van der Waals surface area contributed by atoms with E-state index in [9.17, 15) is 0 Å². The van der Waals surface area contributed by atoms with Gasteiger partial charge in [-0.1, -0.05) is 16.4 Å². The summed E-state index contributed by atoms with van der Waals surface area (Å²) < 4.78 is 10.6. The molecule has 1 aromatic heterocycles. The van der Waals surface area contributed by atoms with Gasteiger partial charge in [0, 0.05) is 18.2 Å². The Morgan fingerprint density at radius 1 is 1.19 bits per heavy atom. The Kier molecular flexibility index (Phi) is 3.92. The summed E-state index contributed by atoms with van der Waals surface area (Å²) in [5.74, 6) is 1.00. The topological polar surface area (TPSA) is 60.2 Å². The van der Waals surface area contributed by atoms with Gasteiger partial charge in [-0.05, 0) is 50.8 Å². The second kappa shape index (κ2) is 5.85. The second-order valence-electron chi connectivity index (χ2n) is 5.69. The van der Waals surface area contributed by atoms with Gasteiger partial charge in [-0.2, -0.15) is 0 Å². The minimum absolute atomic E-state index is 0.276. The predicted octanol–water partition coefficient (Wildman–Crippen LogP) is 3.00. The molecule has 1 aromatic carbocycles. The molecule has 0 saturated carbocycles. The lowest BCUT2D eigenvalue weighted by molar-refractivity contribution is 0.299. The normalized spacial score (nSPS) is 18.0. The molecular formula is C16H21N3O2. The van der Waals surface area contributed by atoms with Crippen LogP contribution in [0.15, 0.2) is 16.8 Å². The van der Waals surface area contributed by atoms with Crippen molar-refractivity contribution in [3.63, 3.8) is 0 Å². The second-order valence-corrected chi connectivity index (χ2v) is 5.69. The van der Waals surface area contributed by atoms with Crippen LogP contribution < -0.4 is 10.1 Å². The molecule has 5 heteroatoms. The third-order valence-electron chi connectivity index (χ3n) is 4.16. The van der Waals surface area contributed by atoms with Crippen LogP contribution in [-0.2, 0) is 6.54 Å². The summed E-state index contributed by atoms with van der Waals surface area (Å²) in [5, 5.41) is 11.3. The van der Waals surface area contributed by atoms with E-state index in [1.807, 2.05) is 6.92 Å². The minimum Gasteiger partial charge on any atom is -0.493 e. The smallest absolute Gasteiger partial charge is 0.124 e. The molecule has 1 aliphatic rings. The van der Waals surface area contributed by atoms with E-state index in [0.29, 0.717) is 6.54 Å². The van der Waals surface area contributed by atoms with E-state index in [4.69, 9.17) is 9.37 Å². The Bertz CT molecular complexity index is 636. The van der Waals surface area contributed by atoms with E-state index in [-0.39, 0.29) is 6.04 Å². The largest absolute Gasteiger partial charge is 0.493 e. The van der Waals surface area contributed by atoms with Crippen LogP contribution in [0.25, 0.3) is 0 Å². The minimum atomic E-state index is 0.276. The Labute approximate surface area is 124 Å². The number of hydrogen-bond donors (Lipinski definition) is 1. The molecule has 0 spiro atoms. The fourth-order valence-electron chi connectivity index (χ4n) is 2.68. The number of nitrogens with zero attached hydrogens (tertiary/aromatic N) is 2. The van der Waals surface area contributed by atoms with Gasteiger partial charge in [0.25, 0.3) is 0 Å². The van der Waals surface area contributed by atoms with E-state index in [1.165, 1.54) is 16.7 Å². The molecule has 1 aliphatic heterocycles. The van der Waals surface area contributed by atoms with E-state index in [2.05, 4.69) is 41.6 Å². The van der Waals surface area contributed by atoms with Gasteiger partial charge in [-0.25, -0.2) is 4.63 Å². The fourth-order valence-corrected chi connectivity index (χ4v) is 2.68. The fraction of sp³-hybridized carbons (Fsp3) is 0.500. The highest BCUT2D eigenvalue weighted by molar-refractivity contribution is 5.44. The third kappa shape index (κ3) is 2.93. The molecule has 0 saturated heterocycles. The van der Waals surface area contributed by atoms with Crippen molar-refractivity contribution >= 4 is 0 Å². The molecule has 0 radical (unpaired) electrons. The van der Waals surface area contributed by atoms with Gasteiger partial charge in [0.05, 0.1) is 6.61 Å². The van der Waals surface area contributed by atoms with Crippen LogP contribution in [0, 0.1) is 20.8 Å². The average molecular weight is 287 g/mol. The van der Waals surface area contributed by atoms with E-state index < -0.39 is 0 Å². The standard InChI is InChI=1S/C16H21N3O2/c1-10-7-13-14(17-9-15-12(3)18-21-19-15)5-4-6-20-16(13)8-11(10)2/h7-8,14,17H,4-6,9H2,1-3H3. The summed E-state index contributed by atoms with van der Waals surface area (Å²) in [6, 6.07) is 4.66. The van der Waals surface area contributed by atoms with Crippen LogP contribution in [-0.4, -0.2) is 16.9 Å².